The third kappa shape index (κ3) is 2.19. The Hall–Kier alpha value is 0.893. The zero-order valence-corrected chi connectivity index (χ0v) is 8.94. The summed E-state index contributed by atoms with van der Waals surface area (Å²) in [5.74, 6) is 0. The second-order valence-electron chi connectivity index (χ2n) is 1.82. The molecule has 0 nitrogen and oxygen atoms in total. The summed E-state index contributed by atoms with van der Waals surface area (Å²) >= 11 is 0. The van der Waals surface area contributed by atoms with Gasteiger partial charge in [0.25, 0.3) is 0 Å². The van der Waals surface area contributed by atoms with Crippen LogP contribution < -0.4 is 0 Å². The van der Waals surface area contributed by atoms with E-state index in [9.17, 15) is 0 Å². The van der Waals surface area contributed by atoms with Crippen LogP contribution in [-0.4, -0.2) is 10.5 Å². The first-order valence-corrected chi connectivity index (χ1v) is 11.9. The summed E-state index contributed by atoms with van der Waals surface area (Å²) in [5.41, 5.74) is 0. The van der Waals surface area contributed by atoms with Crippen molar-refractivity contribution in [3.63, 3.8) is 0 Å². The summed E-state index contributed by atoms with van der Waals surface area (Å²) in [4.78, 5) is 0. The molecule has 1 aliphatic carbocycles. The van der Waals surface area contributed by atoms with E-state index < -0.39 is 10.5 Å². The number of allylic oxidation sites excluding steroid dienone is 4. The number of halogens is 3. The molecule has 0 spiro atoms. The van der Waals surface area contributed by atoms with Crippen LogP contribution in [0.4, 0.5) is 0 Å². The van der Waals surface area contributed by atoms with Gasteiger partial charge in [-0.3, -0.25) is 0 Å². The van der Waals surface area contributed by atoms with Crippen LogP contribution in [0.15, 0.2) is 22.6 Å². The van der Waals surface area contributed by atoms with Crippen molar-refractivity contribution in [2.24, 2.45) is 0 Å². The Labute approximate surface area is 69.4 Å². The first-order chi connectivity index (χ1) is 4.11. The SMILES string of the molecule is [Cl][Ge]([Cl])([Cl])[C]1=CC=CC1. The molecule has 0 aliphatic heterocycles. The van der Waals surface area contributed by atoms with Gasteiger partial charge in [0.2, 0.25) is 0 Å². The van der Waals surface area contributed by atoms with Gasteiger partial charge in [-0.1, -0.05) is 0 Å². The molecule has 0 aromatic carbocycles. The molecule has 0 saturated carbocycles. The van der Waals surface area contributed by atoms with Crippen LogP contribution in [0.3, 0.4) is 0 Å². The van der Waals surface area contributed by atoms with Crippen molar-refractivity contribution in [1.82, 2.24) is 0 Å². The predicted octanol–water partition coefficient (Wildman–Crippen LogP) is 3.07. The van der Waals surface area contributed by atoms with Gasteiger partial charge in [0.15, 0.2) is 0 Å². The molecule has 0 atom stereocenters. The van der Waals surface area contributed by atoms with Crippen LogP contribution in [0.25, 0.3) is 0 Å². The first-order valence-electron chi connectivity index (χ1n) is 2.53. The normalized spacial score (nSPS) is 18.3. The molecule has 0 radical (unpaired) electrons. The van der Waals surface area contributed by atoms with Gasteiger partial charge in [-0.2, -0.15) is 0 Å². The number of hydrogen-bond acceptors (Lipinski definition) is 0. The van der Waals surface area contributed by atoms with E-state index in [0.29, 0.717) is 0 Å². The molecule has 0 amide bonds. The zero-order chi connectivity index (χ0) is 6.91. The zero-order valence-electron chi connectivity index (χ0n) is 4.57. The van der Waals surface area contributed by atoms with Crippen molar-refractivity contribution in [1.29, 1.82) is 0 Å². The summed E-state index contributed by atoms with van der Waals surface area (Å²) in [5, 5.41) is 0. The molecule has 0 saturated heterocycles. The van der Waals surface area contributed by atoms with Crippen molar-refractivity contribution in [2.45, 2.75) is 6.42 Å². The summed E-state index contributed by atoms with van der Waals surface area (Å²) in [6, 6.07) is 0. The molecule has 1 aliphatic rings. The Bertz CT molecular complexity index is 166. The standard InChI is InChI=1S/C5H5Cl3Ge/c6-9(7,8)5-3-1-2-4-5/h1-3H,4H2. The van der Waals surface area contributed by atoms with Gasteiger partial charge < -0.3 is 0 Å². The maximum absolute atomic E-state index is 5.75. The monoisotopic (exact) mass is 244 g/mol. The van der Waals surface area contributed by atoms with Crippen LogP contribution in [0.1, 0.15) is 6.42 Å². The summed E-state index contributed by atoms with van der Waals surface area (Å²) < 4.78 is 1.03. The average Bonchev–Trinajstić information content (AvgIpc) is 2.08. The molecular weight excluding hydrogens is 239 g/mol. The summed E-state index contributed by atoms with van der Waals surface area (Å²) in [6.07, 6.45) is 6.69. The minimum atomic E-state index is -2.97. The molecule has 0 N–H and O–H groups in total. The second-order valence-corrected chi connectivity index (χ2v) is 17.1. The van der Waals surface area contributed by atoms with Gasteiger partial charge in [-0.05, 0) is 0 Å². The predicted molar refractivity (Wildman–Crippen MR) is 45.2 cm³/mol. The third-order valence-corrected chi connectivity index (χ3v) is 7.23. The minimum absolute atomic E-state index is 0.844. The summed E-state index contributed by atoms with van der Waals surface area (Å²) in [6.45, 7) is 0. The van der Waals surface area contributed by atoms with Gasteiger partial charge in [-0.15, -0.1) is 0 Å². The second kappa shape index (κ2) is 2.87. The Kier molecular flexibility index (Phi) is 2.55. The summed E-state index contributed by atoms with van der Waals surface area (Å²) in [7, 11) is 14.3. The van der Waals surface area contributed by atoms with Crippen molar-refractivity contribution in [2.75, 3.05) is 0 Å². The molecule has 1 rings (SSSR count). The van der Waals surface area contributed by atoms with E-state index in [1.165, 1.54) is 0 Å². The fourth-order valence-corrected chi connectivity index (χ4v) is 4.17. The van der Waals surface area contributed by atoms with E-state index >= 15 is 0 Å². The Morgan fingerprint density at radius 1 is 1.33 bits per heavy atom. The van der Waals surface area contributed by atoms with E-state index in [0.717, 1.165) is 10.8 Å². The fraction of sp³-hybridized carbons (Fsp3) is 0.200. The molecule has 0 aromatic heterocycles. The van der Waals surface area contributed by atoms with Gasteiger partial charge in [-0.25, -0.2) is 0 Å². The first kappa shape index (κ1) is 7.99. The van der Waals surface area contributed by atoms with E-state index in [-0.39, 0.29) is 0 Å². The topological polar surface area (TPSA) is 0 Å². The van der Waals surface area contributed by atoms with E-state index in [1.54, 1.807) is 0 Å². The van der Waals surface area contributed by atoms with Crippen LogP contribution in [-0.2, 0) is 0 Å². The molecule has 0 bridgehead atoms. The molecular formula is C5H5Cl3Ge. The number of rotatable bonds is 1. The van der Waals surface area contributed by atoms with Crippen LogP contribution in [0.2, 0.25) is 0 Å². The molecule has 50 valence electrons. The van der Waals surface area contributed by atoms with Crippen molar-refractivity contribution < 1.29 is 0 Å². The third-order valence-electron chi connectivity index (χ3n) is 1.14. The molecule has 0 aromatic rings. The van der Waals surface area contributed by atoms with E-state index in [2.05, 4.69) is 0 Å². The van der Waals surface area contributed by atoms with Gasteiger partial charge in [0.1, 0.15) is 0 Å². The van der Waals surface area contributed by atoms with Crippen LogP contribution >= 0.6 is 30.0 Å². The van der Waals surface area contributed by atoms with Crippen LogP contribution in [0.5, 0.6) is 0 Å². The molecule has 0 fully saturated rings. The average molecular weight is 244 g/mol. The Morgan fingerprint density at radius 3 is 2.22 bits per heavy atom. The molecule has 0 unspecified atom stereocenters. The number of hydrogen-bond donors (Lipinski definition) is 0. The molecule has 4 heteroatoms. The van der Waals surface area contributed by atoms with Crippen molar-refractivity contribution >= 4 is 40.5 Å². The quantitative estimate of drug-likeness (QED) is 0.622. The molecule has 9 heavy (non-hydrogen) atoms. The van der Waals surface area contributed by atoms with Crippen LogP contribution in [0, 0.1) is 0 Å². The van der Waals surface area contributed by atoms with E-state index in [1.807, 2.05) is 18.2 Å². The van der Waals surface area contributed by atoms with Crippen molar-refractivity contribution in [3.05, 3.63) is 22.6 Å². The van der Waals surface area contributed by atoms with Crippen molar-refractivity contribution in [3.8, 4) is 0 Å². The van der Waals surface area contributed by atoms with E-state index in [4.69, 9.17) is 30.0 Å². The Balaban J connectivity index is 2.66. The fourth-order valence-electron chi connectivity index (χ4n) is 0.657. The molecule has 0 heterocycles. The van der Waals surface area contributed by atoms with Gasteiger partial charge in [0.05, 0.1) is 0 Å². The van der Waals surface area contributed by atoms with Gasteiger partial charge in [0, 0.05) is 0 Å². The maximum atomic E-state index is 5.75. The Morgan fingerprint density at radius 2 is 2.00 bits per heavy atom. The van der Waals surface area contributed by atoms with Gasteiger partial charge >= 0.3 is 69.6 Å².